The Kier molecular flexibility index (Phi) is 8.69. The maximum absolute atomic E-state index is 15.6. The monoisotopic (exact) mass is 574 g/mol. The van der Waals surface area contributed by atoms with Gasteiger partial charge in [-0.3, -0.25) is 14.8 Å². The molecule has 3 aliphatic rings. The molecule has 14 heteroatoms. The van der Waals surface area contributed by atoms with Gasteiger partial charge in [-0.05, 0) is 71.3 Å². The Hall–Kier alpha value is -2.60. The lowest BCUT2D eigenvalue weighted by Crippen LogP contribution is -2.59. The predicted octanol–water partition coefficient (Wildman–Crippen LogP) is 2.29. The van der Waals surface area contributed by atoms with E-state index in [1.54, 1.807) is 31.9 Å². The van der Waals surface area contributed by atoms with Crippen molar-refractivity contribution in [3.05, 3.63) is 17.7 Å². The van der Waals surface area contributed by atoms with Gasteiger partial charge in [0.2, 0.25) is 0 Å². The fourth-order valence-electron chi connectivity index (χ4n) is 6.26. The first-order valence-electron chi connectivity index (χ1n) is 14.8. The minimum atomic E-state index is -1.89. The second kappa shape index (κ2) is 11.8. The van der Waals surface area contributed by atoms with Crippen molar-refractivity contribution < 1.29 is 23.4 Å². The summed E-state index contributed by atoms with van der Waals surface area (Å²) >= 11 is 0. The van der Waals surface area contributed by atoms with Crippen molar-refractivity contribution in [1.29, 1.82) is 0 Å². The van der Waals surface area contributed by atoms with E-state index in [0.29, 0.717) is 36.5 Å². The summed E-state index contributed by atoms with van der Waals surface area (Å²) in [7, 11) is 17.0. The molecular weight excluding hydrogens is 536 g/mol. The van der Waals surface area contributed by atoms with E-state index in [1.165, 1.54) is 0 Å². The zero-order valence-electron chi connectivity index (χ0n) is 25.1. The molecule has 3 aliphatic heterocycles. The Bertz CT molecular complexity index is 1300. The SMILES string of the molecule is [B]C([B])([B])OCC1CN(c2nc(OCC34CCCN3CCC4)nc3c(F)c(CC)ncc23)CCN1C(=O)OC(C)(C)C. The maximum atomic E-state index is 15.6. The molecule has 0 spiro atoms. The number of pyridine rings is 1. The van der Waals surface area contributed by atoms with Crippen LogP contribution in [0.3, 0.4) is 0 Å². The third kappa shape index (κ3) is 6.64. The number of hydrogen-bond donors (Lipinski definition) is 0. The third-order valence-electron chi connectivity index (χ3n) is 8.27. The van der Waals surface area contributed by atoms with Crippen molar-refractivity contribution >= 4 is 46.4 Å². The highest BCUT2D eigenvalue weighted by Crippen LogP contribution is 2.39. The second-order valence-corrected chi connectivity index (χ2v) is 12.6. The maximum Gasteiger partial charge on any atom is 0.410 e. The smallest absolute Gasteiger partial charge is 0.410 e. The Balaban J connectivity index is 1.47. The lowest BCUT2D eigenvalue weighted by molar-refractivity contribution is -0.00286. The van der Waals surface area contributed by atoms with Crippen LogP contribution in [0.25, 0.3) is 10.9 Å². The van der Waals surface area contributed by atoms with Gasteiger partial charge in [-0.2, -0.15) is 9.97 Å². The van der Waals surface area contributed by atoms with E-state index in [-0.39, 0.29) is 36.8 Å². The number of amides is 1. The average Bonchev–Trinajstić information content (AvgIpc) is 3.50. The number of rotatable bonds is 8. The molecule has 2 aromatic heterocycles. The first-order chi connectivity index (χ1) is 19.8. The van der Waals surface area contributed by atoms with Crippen molar-refractivity contribution in [3.8, 4) is 6.01 Å². The number of nitrogens with zero attached hydrogens (tertiary/aromatic N) is 6. The van der Waals surface area contributed by atoms with Gasteiger partial charge in [0.25, 0.3) is 0 Å². The van der Waals surface area contributed by atoms with Crippen molar-refractivity contribution in [2.45, 2.75) is 82.3 Å². The van der Waals surface area contributed by atoms with E-state index in [2.05, 4.69) is 14.9 Å². The molecule has 3 fully saturated rings. The third-order valence-corrected chi connectivity index (χ3v) is 8.27. The van der Waals surface area contributed by atoms with Crippen LogP contribution < -0.4 is 9.64 Å². The van der Waals surface area contributed by atoms with Crippen LogP contribution in [0.5, 0.6) is 6.01 Å². The van der Waals surface area contributed by atoms with Crippen molar-refractivity contribution in [1.82, 2.24) is 24.8 Å². The van der Waals surface area contributed by atoms with Gasteiger partial charge in [-0.15, -0.1) is 0 Å². The first-order valence-corrected chi connectivity index (χ1v) is 14.8. The molecule has 0 N–H and O–H groups in total. The number of carbonyl (C=O) groups is 1. The number of halogens is 1. The molecule has 3 saturated heterocycles. The topological polar surface area (TPSA) is 93.2 Å². The summed E-state index contributed by atoms with van der Waals surface area (Å²) in [5.74, 6) is -0.0268. The number of aryl methyl sites for hydroxylation is 1. The van der Waals surface area contributed by atoms with E-state index in [9.17, 15) is 4.79 Å². The van der Waals surface area contributed by atoms with Gasteiger partial charge in [0.05, 0.1) is 52.8 Å². The highest BCUT2D eigenvalue weighted by atomic mass is 19.1. The lowest BCUT2D eigenvalue weighted by Gasteiger charge is -2.43. The van der Waals surface area contributed by atoms with Crippen LogP contribution in [-0.4, -0.2) is 123 Å². The Morgan fingerprint density at radius 1 is 1.12 bits per heavy atom. The zero-order valence-corrected chi connectivity index (χ0v) is 25.1. The van der Waals surface area contributed by atoms with Crippen molar-refractivity contribution in [2.75, 3.05) is 50.8 Å². The molecule has 0 aliphatic carbocycles. The molecule has 10 nitrogen and oxygen atoms in total. The van der Waals surface area contributed by atoms with E-state index < -0.39 is 28.9 Å². The molecule has 5 rings (SSSR count). The van der Waals surface area contributed by atoms with Gasteiger partial charge in [-0.25, -0.2) is 9.18 Å². The number of aromatic nitrogens is 3. The first kappa shape index (κ1) is 30.8. The largest absolute Gasteiger partial charge is 0.461 e. The summed E-state index contributed by atoms with van der Waals surface area (Å²) in [6.45, 7) is 10.7. The van der Waals surface area contributed by atoms with Crippen LogP contribution in [0, 0.1) is 5.82 Å². The molecule has 2 aromatic rings. The van der Waals surface area contributed by atoms with E-state index >= 15 is 4.39 Å². The molecule has 1 amide bonds. The van der Waals surface area contributed by atoms with Gasteiger partial charge in [0, 0.05) is 25.8 Å². The van der Waals surface area contributed by atoms with E-state index in [0.717, 1.165) is 38.8 Å². The number of piperazine rings is 1. The molecular formula is C28H38B3FN6O4. The van der Waals surface area contributed by atoms with Crippen LogP contribution >= 0.6 is 0 Å². The summed E-state index contributed by atoms with van der Waals surface area (Å²) in [5, 5.41) is -1.43. The number of anilines is 1. The van der Waals surface area contributed by atoms with Crippen molar-refractivity contribution in [2.24, 2.45) is 0 Å². The zero-order chi connectivity index (χ0) is 30.3. The lowest BCUT2D eigenvalue weighted by atomic mass is 9.52. The van der Waals surface area contributed by atoms with Crippen LogP contribution in [0.4, 0.5) is 15.0 Å². The minimum absolute atomic E-state index is 0.0233. The van der Waals surface area contributed by atoms with E-state index in [1.807, 2.05) is 11.8 Å². The minimum Gasteiger partial charge on any atom is -0.461 e. The van der Waals surface area contributed by atoms with Crippen LogP contribution in [0.15, 0.2) is 6.20 Å². The summed E-state index contributed by atoms with van der Waals surface area (Å²) in [6, 6.07) is -0.430. The summed E-state index contributed by atoms with van der Waals surface area (Å²) in [6.07, 6.45) is 5.91. The molecule has 6 radical (unpaired) electrons. The number of carbonyl (C=O) groups excluding carboxylic acids is 1. The van der Waals surface area contributed by atoms with Gasteiger partial charge < -0.3 is 19.1 Å². The fourth-order valence-corrected chi connectivity index (χ4v) is 6.26. The summed E-state index contributed by atoms with van der Waals surface area (Å²) < 4.78 is 33.0. The molecule has 0 aromatic carbocycles. The molecule has 5 heterocycles. The Labute approximate surface area is 251 Å². The molecule has 1 atom stereocenters. The molecule has 220 valence electrons. The van der Waals surface area contributed by atoms with Crippen molar-refractivity contribution in [3.63, 3.8) is 0 Å². The molecule has 1 unspecified atom stereocenters. The normalized spacial score (nSPS) is 21.1. The highest BCUT2D eigenvalue weighted by Gasteiger charge is 2.45. The van der Waals surface area contributed by atoms with Crippen LogP contribution in [0.2, 0.25) is 0 Å². The number of hydrogen-bond acceptors (Lipinski definition) is 9. The second-order valence-electron chi connectivity index (χ2n) is 12.6. The van der Waals surface area contributed by atoms with Crippen LogP contribution in [-0.2, 0) is 15.9 Å². The van der Waals surface area contributed by atoms with E-state index in [4.69, 9.17) is 42.7 Å². The molecule has 42 heavy (non-hydrogen) atoms. The number of fused-ring (bicyclic) bond motifs is 2. The highest BCUT2D eigenvalue weighted by molar-refractivity contribution is 6.58. The Morgan fingerprint density at radius 2 is 1.83 bits per heavy atom. The van der Waals surface area contributed by atoms with Gasteiger partial charge in [-0.1, -0.05) is 6.92 Å². The average molecular weight is 574 g/mol. The van der Waals surface area contributed by atoms with Gasteiger partial charge >= 0.3 is 12.1 Å². The number of ether oxygens (including phenoxy) is 3. The van der Waals surface area contributed by atoms with Gasteiger partial charge in [0.15, 0.2) is 5.82 Å². The molecule has 0 bridgehead atoms. The fraction of sp³-hybridized carbons (Fsp3) is 0.714. The van der Waals surface area contributed by atoms with Crippen LogP contribution in [0.1, 0.15) is 59.1 Å². The Morgan fingerprint density at radius 3 is 2.48 bits per heavy atom. The molecule has 0 saturated carbocycles. The summed E-state index contributed by atoms with van der Waals surface area (Å²) in [5.41, 5.74) is -0.242. The standard InChI is InChI=1S/C28H38B3FN6O4/c1-5-20-21(32)22-19(14-33-20)23(35-24(34-22)40-17-27-8-6-10-37(27)11-7-9-27)36-12-13-38(25(39)42-26(2,3)4)18(15-36)16-41-28(29,30)31/h14,18H,5-13,15-17H2,1-4H3. The quantitative estimate of drug-likeness (QED) is 0.441. The predicted molar refractivity (Wildman–Crippen MR) is 160 cm³/mol. The van der Waals surface area contributed by atoms with Gasteiger partial charge in [0.1, 0.15) is 23.5 Å². The summed E-state index contributed by atoms with van der Waals surface area (Å²) in [4.78, 5) is 32.8.